The Morgan fingerprint density at radius 3 is 2.25 bits per heavy atom. The number of nitrogens with two attached hydrogens (primary N) is 1. The van der Waals surface area contributed by atoms with Gasteiger partial charge in [-0.1, -0.05) is 56.3 Å². The molecule has 6 heteroatoms. The Bertz CT molecular complexity index is 480. The number of amidine groups is 1. The van der Waals surface area contributed by atoms with Crippen molar-refractivity contribution >= 4 is 11.8 Å². The van der Waals surface area contributed by atoms with Gasteiger partial charge in [0, 0.05) is 0 Å². The number of aliphatic carboxylic acids is 1. The minimum Gasteiger partial charge on any atom is -0.479 e. The molecule has 2 unspecified atom stereocenters. The van der Waals surface area contributed by atoms with Gasteiger partial charge >= 0.3 is 5.97 Å². The first-order valence-electron chi connectivity index (χ1n) is 6.18. The van der Waals surface area contributed by atoms with Crippen molar-refractivity contribution in [2.75, 3.05) is 0 Å². The third-order valence-electron chi connectivity index (χ3n) is 2.77. The second-order valence-corrected chi connectivity index (χ2v) is 5.54. The van der Waals surface area contributed by atoms with Crippen molar-refractivity contribution in [1.82, 2.24) is 0 Å². The lowest BCUT2D eigenvalue weighted by atomic mass is 9.88. The molecule has 0 heterocycles. The third-order valence-corrected chi connectivity index (χ3v) is 2.77. The number of hydrogen-bond donors (Lipinski definition) is 3. The second kappa shape index (κ2) is 6.38. The topological polar surface area (TPSA) is 105 Å². The van der Waals surface area contributed by atoms with Crippen molar-refractivity contribution < 1.29 is 19.8 Å². The molecule has 1 aromatic rings. The molecular formula is C14H20N2O4. The number of hydrogen-bond acceptors (Lipinski definition) is 4. The fourth-order valence-electron chi connectivity index (χ4n) is 1.77. The first-order chi connectivity index (χ1) is 9.27. The van der Waals surface area contributed by atoms with E-state index in [-0.39, 0.29) is 5.84 Å². The van der Waals surface area contributed by atoms with E-state index < -0.39 is 23.6 Å². The van der Waals surface area contributed by atoms with E-state index in [1.807, 2.05) is 6.07 Å². The Labute approximate surface area is 117 Å². The molecule has 0 radical (unpaired) electrons. The largest absolute Gasteiger partial charge is 0.479 e. The molecule has 110 valence electrons. The average Bonchev–Trinajstić information content (AvgIpc) is 2.38. The highest BCUT2D eigenvalue weighted by molar-refractivity contribution is 5.86. The van der Waals surface area contributed by atoms with Crippen molar-refractivity contribution in [1.29, 1.82) is 0 Å². The van der Waals surface area contributed by atoms with E-state index in [0.717, 1.165) is 0 Å². The zero-order valence-electron chi connectivity index (χ0n) is 11.8. The highest BCUT2D eigenvalue weighted by Crippen LogP contribution is 2.28. The number of rotatable bonds is 5. The molecule has 2 atom stereocenters. The van der Waals surface area contributed by atoms with Gasteiger partial charge in [-0.25, -0.2) is 4.79 Å². The molecule has 0 aromatic heterocycles. The van der Waals surface area contributed by atoms with Gasteiger partial charge in [-0.2, -0.15) is 0 Å². The third kappa shape index (κ3) is 3.96. The van der Waals surface area contributed by atoms with Gasteiger partial charge in [0.1, 0.15) is 6.10 Å². The van der Waals surface area contributed by atoms with Crippen LogP contribution in [0, 0.1) is 5.41 Å². The number of oxime groups is 1. The molecule has 6 nitrogen and oxygen atoms in total. The zero-order chi connectivity index (χ0) is 15.3. The van der Waals surface area contributed by atoms with Gasteiger partial charge in [0.15, 0.2) is 11.9 Å². The Hall–Kier alpha value is -2.08. The van der Waals surface area contributed by atoms with Crippen LogP contribution in [0.2, 0.25) is 0 Å². The van der Waals surface area contributed by atoms with E-state index in [1.165, 1.54) is 0 Å². The summed E-state index contributed by atoms with van der Waals surface area (Å²) in [5, 5.41) is 21.1. The summed E-state index contributed by atoms with van der Waals surface area (Å²) >= 11 is 0. The molecule has 0 saturated heterocycles. The lowest BCUT2D eigenvalue weighted by Crippen LogP contribution is -2.40. The summed E-state index contributed by atoms with van der Waals surface area (Å²) in [4.78, 5) is 11.4. The molecule has 0 saturated carbocycles. The van der Waals surface area contributed by atoms with Crippen LogP contribution in [0.3, 0.4) is 0 Å². The smallest absolute Gasteiger partial charge is 0.333 e. The van der Waals surface area contributed by atoms with E-state index in [0.29, 0.717) is 5.56 Å². The van der Waals surface area contributed by atoms with E-state index in [4.69, 9.17) is 15.7 Å². The molecule has 4 N–H and O–H groups in total. The van der Waals surface area contributed by atoms with Crippen LogP contribution in [0.1, 0.15) is 32.4 Å². The fourth-order valence-corrected chi connectivity index (χ4v) is 1.77. The molecule has 0 amide bonds. The Kier molecular flexibility index (Phi) is 5.10. The van der Waals surface area contributed by atoms with Crippen molar-refractivity contribution in [3.05, 3.63) is 35.9 Å². The van der Waals surface area contributed by atoms with Crippen molar-refractivity contribution in [3.63, 3.8) is 0 Å². The molecule has 0 fully saturated rings. The minimum absolute atomic E-state index is 0.188. The summed E-state index contributed by atoms with van der Waals surface area (Å²) in [6, 6.07) is 8.80. The lowest BCUT2D eigenvalue weighted by Gasteiger charge is -2.30. The van der Waals surface area contributed by atoms with Crippen molar-refractivity contribution in [3.8, 4) is 0 Å². The van der Waals surface area contributed by atoms with Crippen LogP contribution in [0.25, 0.3) is 0 Å². The fraction of sp³-hybridized carbons (Fsp3) is 0.429. The molecule has 0 aliphatic carbocycles. The van der Waals surface area contributed by atoms with Crippen molar-refractivity contribution in [2.24, 2.45) is 16.3 Å². The SMILES string of the molecule is CC(C)(C)C(OC(C(N)=NO)c1ccccc1)C(=O)O. The number of carboxylic acids is 1. The van der Waals surface area contributed by atoms with Gasteiger partial charge in [0.2, 0.25) is 0 Å². The second-order valence-electron chi connectivity index (χ2n) is 5.54. The molecule has 20 heavy (non-hydrogen) atoms. The monoisotopic (exact) mass is 280 g/mol. The Morgan fingerprint density at radius 2 is 1.85 bits per heavy atom. The number of nitrogens with zero attached hydrogens (tertiary/aromatic N) is 1. The standard InChI is InChI=1S/C14H20N2O4/c1-14(2,3)11(13(17)18)20-10(12(15)16-19)9-7-5-4-6-8-9/h4-8,10-11,19H,1-3H3,(H2,15,16)(H,17,18). The van der Waals surface area contributed by atoms with Crippen LogP contribution in [-0.4, -0.2) is 28.2 Å². The predicted octanol–water partition coefficient (Wildman–Crippen LogP) is 1.99. The minimum atomic E-state index is -1.09. The van der Waals surface area contributed by atoms with Crippen LogP contribution < -0.4 is 5.73 Å². The maximum absolute atomic E-state index is 11.4. The summed E-state index contributed by atoms with van der Waals surface area (Å²) in [5.74, 6) is -1.28. The van der Waals surface area contributed by atoms with Gasteiger partial charge in [-0.3, -0.25) is 0 Å². The quantitative estimate of drug-likeness (QED) is 0.331. The van der Waals surface area contributed by atoms with Crippen LogP contribution in [0.15, 0.2) is 35.5 Å². The molecular weight excluding hydrogens is 260 g/mol. The Balaban J connectivity index is 3.11. The highest BCUT2D eigenvalue weighted by atomic mass is 16.5. The molecule has 0 aliphatic rings. The normalized spacial score (nSPS) is 15.7. The van der Waals surface area contributed by atoms with E-state index in [1.54, 1.807) is 45.0 Å². The first kappa shape index (κ1) is 16.0. The first-order valence-corrected chi connectivity index (χ1v) is 6.18. The Morgan fingerprint density at radius 1 is 1.30 bits per heavy atom. The average molecular weight is 280 g/mol. The highest BCUT2D eigenvalue weighted by Gasteiger charge is 2.36. The summed E-state index contributed by atoms with van der Waals surface area (Å²) in [5.41, 5.74) is 5.62. The van der Waals surface area contributed by atoms with Gasteiger partial charge in [-0.05, 0) is 11.0 Å². The van der Waals surface area contributed by atoms with Crippen LogP contribution in [0.4, 0.5) is 0 Å². The number of carbonyl (C=O) groups is 1. The predicted molar refractivity (Wildman–Crippen MR) is 74.6 cm³/mol. The lowest BCUT2D eigenvalue weighted by molar-refractivity contribution is -0.161. The van der Waals surface area contributed by atoms with Crippen LogP contribution in [-0.2, 0) is 9.53 Å². The number of ether oxygens (including phenoxy) is 1. The van der Waals surface area contributed by atoms with Gasteiger partial charge in [-0.15, -0.1) is 0 Å². The molecule has 1 aromatic carbocycles. The number of carboxylic acid groups (broad SMARTS) is 1. The maximum atomic E-state index is 11.4. The summed E-state index contributed by atoms with van der Waals surface area (Å²) in [6.45, 7) is 5.25. The summed E-state index contributed by atoms with van der Waals surface area (Å²) < 4.78 is 5.60. The van der Waals surface area contributed by atoms with Gasteiger partial charge in [0.05, 0.1) is 0 Å². The zero-order valence-corrected chi connectivity index (χ0v) is 11.8. The van der Waals surface area contributed by atoms with E-state index in [9.17, 15) is 9.90 Å². The van der Waals surface area contributed by atoms with E-state index >= 15 is 0 Å². The van der Waals surface area contributed by atoms with E-state index in [2.05, 4.69) is 5.16 Å². The molecule has 1 rings (SSSR count). The molecule has 0 aliphatic heterocycles. The summed E-state index contributed by atoms with van der Waals surface area (Å²) in [7, 11) is 0. The molecule has 0 bridgehead atoms. The van der Waals surface area contributed by atoms with Crippen LogP contribution in [0.5, 0.6) is 0 Å². The van der Waals surface area contributed by atoms with Crippen molar-refractivity contribution in [2.45, 2.75) is 33.0 Å². The summed E-state index contributed by atoms with van der Waals surface area (Å²) in [6.07, 6.45) is -2.01. The maximum Gasteiger partial charge on any atom is 0.333 e. The van der Waals surface area contributed by atoms with Gasteiger partial charge in [0.25, 0.3) is 0 Å². The van der Waals surface area contributed by atoms with Gasteiger partial charge < -0.3 is 20.8 Å². The van der Waals surface area contributed by atoms with Crippen LogP contribution >= 0.6 is 0 Å². The number of benzene rings is 1. The molecule has 0 spiro atoms.